The van der Waals surface area contributed by atoms with Crippen LogP contribution in [0.2, 0.25) is 5.02 Å². The normalized spacial score (nSPS) is 12.3. The minimum absolute atomic E-state index is 0.0517. The van der Waals surface area contributed by atoms with Crippen molar-refractivity contribution < 1.29 is 15.3 Å². The van der Waals surface area contributed by atoms with E-state index in [1.54, 1.807) is 4.68 Å². The number of aromatic nitrogens is 5. The molecule has 0 saturated carbocycles. The third-order valence-corrected chi connectivity index (χ3v) is 4.61. The van der Waals surface area contributed by atoms with Gasteiger partial charge >= 0.3 is 0 Å². The summed E-state index contributed by atoms with van der Waals surface area (Å²) < 4.78 is 1.64. The lowest BCUT2D eigenvalue weighted by Crippen LogP contribution is -2.24. The number of nitrogens with one attached hydrogen (secondary N) is 2. The van der Waals surface area contributed by atoms with Crippen LogP contribution >= 0.6 is 11.6 Å². The molecule has 3 rings (SSSR count). The van der Waals surface area contributed by atoms with Crippen LogP contribution in [0.15, 0.2) is 12.1 Å². The number of aliphatic hydroxyl groups is 1. The smallest absolute Gasteiger partial charge is 0.227 e. The minimum Gasteiger partial charge on any atom is -0.508 e. The van der Waals surface area contributed by atoms with Gasteiger partial charge in [-0.2, -0.15) is 9.97 Å². The van der Waals surface area contributed by atoms with Crippen molar-refractivity contribution in [1.29, 1.82) is 0 Å². The van der Waals surface area contributed by atoms with E-state index in [-0.39, 0.29) is 35.7 Å². The van der Waals surface area contributed by atoms with Crippen molar-refractivity contribution in [3.05, 3.63) is 22.7 Å². The van der Waals surface area contributed by atoms with E-state index < -0.39 is 0 Å². The average molecular weight is 408 g/mol. The fraction of sp³-hybridized carbons (Fsp3) is 0.412. The molecule has 5 N–H and O–H groups in total. The van der Waals surface area contributed by atoms with Crippen LogP contribution in [-0.4, -0.2) is 52.9 Å². The van der Waals surface area contributed by atoms with Gasteiger partial charge in [-0.15, -0.1) is 5.10 Å². The molecule has 1 unspecified atom stereocenters. The van der Waals surface area contributed by atoms with Gasteiger partial charge in [0, 0.05) is 24.7 Å². The first-order chi connectivity index (χ1) is 13.5. The predicted octanol–water partition coefficient (Wildman–Crippen LogP) is 2.10. The summed E-state index contributed by atoms with van der Waals surface area (Å²) in [6.07, 6.45) is 0.698. The fourth-order valence-corrected chi connectivity index (χ4v) is 2.79. The first-order valence-corrected chi connectivity index (χ1v) is 9.27. The van der Waals surface area contributed by atoms with Crippen molar-refractivity contribution in [3.63, 3.8) is 0 Å². The molecule has 1 atom stereocenters. The summed E-state index contributed by atoms with van der Waals surface area (Å²) in [6.45, 7) is 4.56. The molecule has 0 saturated heterocycles. The van der Waals surface area contributed by atoms with Gasteiger partial charge in [0.25, 0.3) is 0 Å². The fourth-order valence-electron chi connectivity index (χ4n) is 2.63. The van der Waals surface area contributed by atoms with E-state index in [2.05, 4.69) is 30.9 Å². The molecule has 0 aliphatic rings. The molecule has 10 nitrogen and oxygen atoms in total. The van der Waals surface area contributed by atoms with Crippen molar-refractivity contribution in [2.75, 3.05) is 17.2 Å². The van der Waals surface area contributed by atoms with Crippen LogP contribution in [-0.2, 0) is 13.1 Å². The molecule has 28 heavy (non-hydrogen) atoms. The second-order valence-corrected chi connectivity index (χ2v) is 6.60. The number of hydrogen-bond donors (Lipinski definition) is 5. The number of aromatic hydroxyl groups is 2. The summed E-state index contributed by atoms with van der Waals surface area (Å²) in [7, 11) is 0. The van der Waals surface area contributed by atoms with Gasteiger partial charge in [0.15, 0.2) is 17.0 Å². The zero-order valence-electron chi connectivity index (χ0n) is 15.5. The van der Waals surface area contributed by atoms with E-state index in [1.807, 2.05) is 13.8 Å². The molecule has 0 aliphatic carbocycles. The maximum absolute atomic E-state index is 10.0. The largest absolute Gasteiger partial charge is 0.508 e. The molecule has 11 heteroatoms. The second-order valence-electron chi connectivity index (χ2n) is 6.19. The molecule has 2 aromatic heterocycles. The Morgan fingerprint density at radius 3 is 2.64 bits per heavy atom. The number of hydrogen-bond acceptors (Lipinski definition) is 9. The topological polar surface area (TPSA) is 141 Å². The molecule has 0 fully saturated rings. The van der Waals surface area contributed by atoms with Crippen LogP contribution in [0, 0.1) is 0 Å². The van der Waals surface area contributed by atoms with Crippen molar-refractivity contribution in [1.82, 2.24) is 25.0 Å². The molecule has 1 aromatic carbocycles. The lowest BCUT2D eigenvalue weighted by atomic mass is 10.2. The van der Waals surface area contributed by atoms with Gasteiger partial charge in [0.05, 0.1) is 17.7 Å². The van der Waals surface area contributed by atoms with E-state index in [1.165, 1.54) is 12.1 Å². The maximum Gasteiger partial charge on any atom is 0.227 e. The Balaban J connectivity index is 1.94. The molecule has 0 spiro atoms. The summed E-state index contributed by atoms with van der Waals surface area (Å²) >= 11 is 5.80. The van der Waals surface area contributed by atoms with Crippen molar-refractivity contribution >= 4 is 34.5 Å². The Labute approximate surface area is 166 Å². The second kappa shape index (κ2) is 8.44. The molecule has 0 amide bonds. The molecule has 0 radical (unpaired) electrons. The molecule has 2 heterocycles. The van der Waals surface area contributed by atoms with Crippen LogP contribution in [0.3, 0.4) is 0 Å². The average Bonchev–Trinajstić information content (AvgIpc) is 3.10. The summed E-state index contributed by atoms with van der Waals surface area (Å²) in [5.41, 5.74) is 1.45. The number of nitrogens with zero attached hydrogens (tertiary/aromatic N) is 5. The number of halogens is 1. The van der Waals surface area contributed by atoms with E-state index in [9.17, 15) is 15.3 Å². The zero-order valence-corrected chi connectivity index (χ0v) is 16.3. The van der Waals surface area contributed by atoms with Crippen LogP contribution in [0.25, 0.3) is 11.2 Å². The van der Waals surface area contributed by atoms with Gasteiger partial charge in [-0.3, -0.25) is 0 Å². The van der Waals surface area contributed by atoms with Gasteiger partial charge in [0.1, 0.15) is 11.5 Å². The Hall–Kier alpha value is -2.85. The SMILES string of the molecule is CCC(CO)Nc1nc(NCc2cc(O)c(Cl)cc2O)c2nnn(CC)c2n1. The van der Waals surface area contributed by atoms with Gasteiger partial charge in [-0.25, -0.2) is 4.68 Å². The lowest BCUT2D eigenvalue weighted by molar-refractivity contribution is 0.271. The Kier molecular flexibility index (Phi) is 6.00. The number of aliphatic hydroxyl groups excluding tert-OH is 1. The predicted molar refractivity (Wildman–Crippen MR) is 106 cm³/mol. The molecular weight excluding hydrogens is 386 g/mol. The number of rotatable bonds is 8. The highest BCUT2D eigenvalue weighted by molar-refractivity contribution is 6.32. The van der Waals surface area contributed by atoms with Crippen molar-refractivity contribution in [2.24, 2.45) is 0 Å². The Bertz CT molecular complexity index is 975. The van der Waals surface area contributed by atoms with E-state index in [0.717, 1.165) is 0 Å². The number of aryl methyl sites for hydroxylation is 1. The summed E-state index contributed by atoms with van der Waals surface area (Å²) in [4.78, 5) is 8.90. The maximum atomic E-state index is 10.0. The van der Waals surface area contributed by atoms with Crippen molar-refractivity contribution in [3.8, 4) is 11.5 Å². The first kappa shape index (κ1) is 19.9. The zero-order chi connectivity index (χ0) is 20.3. The quantitative estimate of drug-likeness (QED) is 0.355. The first-order valence-electron chi connectivity index (χ1n) is 8.89. The number of benzene rings is 1. The van der Waals surface area contributed by atoms with E-state index >= 15 is 0 Å². The highest BCUT2D eigenvalue weighted by Crippen LogP contribution is 2.31. The van der Waals surface area contributed by atoms with Gasteiger partial charge in [-0.05, 0) is 19.4 Å². The number of phenols is 2. The standard InChI is InChI=1S/C17H22ClN7O3/c1-3-10(8-26)20-17-21-15(14-16(22-17)25(4-2)24-23-14)19-7-9-5-13(28)11(18)6-12(9)27/h5-6,10,26-28H,3-4,7-8H2,1-2H3,(H2,19,20,21,22). The van der Waals surface area contributed by atoms with Gasteiger partial charge in [-0.1, -0.05) is 23.7 Å². The molecular formula is C17H22ClN7O3. The van der Waals surface area contributed by atoms with Gasteiger partial charge in [0.2, 0.25) is 5.95 Å². The highest BCUT2D eigenvalue weighted by atomic mass is 35.5. The van der Waals surface area contributed by atoms with Gasteiger partial charge < -0.3 is 26.0 Å². The monoisotopic (exact) mass is 407 g/mol. The summed E-state index contributed by atoms with van der Waals surface area (Å²) in [5.74, 6) is 0.560. The Morgan fingerprint density at radius 2 is 1.96 bits per heavy atom. The molecule has 3 aromatic rings. The van der Waals surface area contributed by atoms with Crippen molar-refractivity contribution in [2.45, 2.75) is 39.4 Å². The minimum atomic E-state index is -0.187. The van der Waals surface area contributed by atoms with Crippen LogP contribution < -0.4 is 10.6 Å². The number of phenolic OH excluding ortho intramolecular Hbond substituents is 2. The molecule has 0 bridgehead atoms. The Morgan fingerprint density at radius 1 is 1.18 bits per heavy atom. The molecule has 0 aliphatic heterocycles. The number of anilines is 2. The summed E-state index contributed by atoms with van der Waals surface area (Å²) in [5, 5.41) is 43.7. The van der Waals surface area contributed by atoms with Crippen LogP contribution in [0.5, 0.6) is 11.5 Å². The van der Waals surface area contributed by atoms with E-state index in [0.29, 0.717) is 41.5 Å². The molecule has 150 valence electrons. The lowest BCUT2D eigenvalue weighted by Gasteiger charge is -2.15. The summed E-state index contributed by atoms with van der Waals surface area (Å²) in [6, 6.07) is 2.47. The third-order valence-electron chi connectivity index (χ3n) is 4.30. The number of fused-ring (bicyclic) bond motifs is 1. The third kappa shape index (κ3) is 4.02. The highest BCUT2D eigenvalue weighted by Gasteiger charge is 2.16. The van der Waals surface area contributed by atoms with Crippen LogP contribution in [0.4, 0.5) is 11.8 Å². The van der Waals surface area contributed by atoms with Crippen LogP contribution in [0.1, 0.15) is 25.8 Å². The van der Waals surface area contributed by atoms with E-state index in [4.69, 9.17) is 11.6 Å².